The Kier molecular flexibility index (Phi) is 3.66. The van der Waals surface area contributed by atoms with Crippen LogP contribution in [0.5, 0.6) is 0 Å². The van der Waals surface area contributed by atoms with Crippen LogP contribution in [0.15, 0.2) is 24.3 Å². The molecule has 0 aliphatic carbocycles. The van der Waals surface area contributed by atoms with Gasteiger partial charge in [-0.15, -0.1) is 11.3 Å². The van der Waals surface area contributed by atoms with Crippen molar-refractivity contribution in [3.8, 4) is 10.4 Å². The third-order valence-corrected chi connectivity index (χ3v) is 3.56. The molecule has 0 fully saturated rings. The molecule has 1 heterocycles. The van der Waals surface area contributed by atoms with E-state index in [2.05, 4.69) is 5.32 Å². The first-order valence-corrected chi connectivity index (χ1v) is 6.09. The highest BCUT2D eigenvalue weighted by Crippen LogP contribution is 2.36. The highest BCUT2D eigenvalue weighted by molar-refractivity contribution is 7.18. The highest BCUT2D eigenvalue weighted by atomic mass is 32.1. The van der Waals surface area contributed by atoms with Crippen LogP contribution in [-0.2, 0) is 0 Å². The molecule has 2 aromatic rings. The zero-order valence-electron chi connectivity index (χ0n) is 9.81. The number of carbonyl (C=O) groups is 2. The SMILES string of the molecule is NC(=O)Nc1cc(-c2cccc(F)c2F)sc1C(=O)O. The Balaban J connectivity index is 2.55. The standard InChI is InChI=1S/C12H8F2N2O3S/c13-6-3-1-2-5(9(6)14)8-4-7(16-12(15)19)10(20-8)11(17)18/h1-4H,(H,17,18)(H3,15,16,19). The van der Waals surface area contributed by atoms with Crippen molar-refractivity contribution in [2.45, 2.75) is 0 Å². The average Bonchev–Trinajstić information content (AvgIpc) is 2.75. The second-order valence-electron chi connectivity index (χ2n) is 3.75. The van der Waals surface area contributed by atoms with Crippen LogP contribution in [0, 0.1) is 11.6 Å². The molecular weight excluding hydrogens is 290 g/mol. The van der Waals surface area contributed by atoms with Crippen molar-refractivity contribution in [3.05, 3.63) is 40.8 Å². The Labute approximate surface area is 115 Å². The number of nitrogens with two attached hydrogens (primary N) is 1. The number of carboxylic acid groups (broad SMARTS) is 1. The summed E-state index contributed by atoms with van der Waals surface area (Å²) in [6.45, 7) is 0. The van der Waals surface area contributed by atoms with Gasteiger partial charge in [-0.2, -0.15) is 0 Å². The van der Waals surface area contributed by atoms with Gasteiger partial charge in [0.05, 0.1) is 5.69 Å². The van der Waals surface area contributed by atoms with Crippen molar-refractivity contribution in [2.75, 3.05) is 5.32 Å². The van der Waals surface area contributed by atoms with Gasteiger partial charge in [0.2, 0.25) is 0 Å². The van der Waals surface area contributed by atoms with Crippen molar-refractivity contribution in [2.24, 2.45) is 5.73 Å². The van der Waals surface area contributed by atoms with Gasteiger partial charge in [0.25, 0.3) is 0 Å². The number of benzene rings is 1. The van der Waals surface area contributed by atoms with E-state index >= 15 is 0 Å². The summed E-state index contributed by atoms with van der Waals surface area (Å²) in [6, 6.07) is 3.85. The predicted molar refractivity (Wildman–Crippen MR) is 69.8 cm³/mol. The number of halogens is 2. The van der Waals surface area contributed by atoms with Gasteiger partial charge in [-0.25, -0.2) is 18.4 Å². The smallest absolute Gasteiger partial charge is 0.348 e. The fraction of sp³-hybridized carbons (Fsp3) is 0. The third-order valence-electron chi connectivity index (χ3n) is 2.40. The van der Waals surface area contributed by atoms with E-state index in [1.807, 2.05) is 0 Å². The van der Waals surface area contributed by atoms with Gasteiger partial charge in [0.15, 0.2) is 11.6 Å². The zero-order chi connectivity index (χ0) is 14.9. The number of primary amides is 1. The van der Waals surface area contributed by atoms with E-state index in [1.165, 1.54) is 18.2 Å². The van der Waals surface area contributed by atoms with E-state index in [-0.39, 0.29) is 21.0 Å². The number of nitrogens with one attached hydrogen (secondary N) is 1. The number of rotatable bonds is 3. The van der Waals surface area contributed by atoms with Gasteiger partial charge in [-0.05, 0) is 12.1 Å². The van der Waals surface area contributed by atoms with Crippen molar-refractivity contribution in [3.63, 3.8) is 0 Å². The second kappa shape index (κ2) is 5.25. The van der Waals surface area contributed by atoms with Gasteiger partial charge >= 0.3 is 12.0 Å². The van der Waals surface area contributed by atoms with Gasteiger partial charge in [-0.3, -0.25) is 0 Å². The number of thiophene rings is 1. The van der Waals surface area contributed by atoms with Crippen LogP contribution in [0.1, 0.15) is 9.67 Å². The number of anilines is 1. The Morgan fingerprint density at radius 2 is 2.00 bits per heavy atom. The zero-order valence-corrected chi connectivity index (χ0v) is 10.6. The lowest BCUT2D eigenvalue weighted by molar-refractivity contribution is 0.0703. The minimum absolute atomic E-state index is 0.0614. The average molecular weight is 298 g/mol. The minimum Gasteiger partial charge on any atom is -0.477 e. The molecule has 0 aliphatic rings. The van der Waals surface area contributed by atoms with Crippen LogP contribution >= 0.6 is 11.3 Å². The van der Waals surface area contributed by atoms with E-state index in [9.17, 15) is 18.4 Å². The van der Waals surface area contributed by atoms with Crippen LogP contribution in [0.4, 0.5) is 19.3 Å². The molecule has 1 aromatic heterocycles. The molecule has 4 N–H and O–H groups in total. The molecule has 0 bridgehead atoms. The van der Waals surface area contributed by atoms with Crippen LogP contribution < -0.4 is 11.1 Å². The summed E-state index contributed by atoms with van der Waals surface area (Å²) in [4.78, 5) is 21.8. The van der Waals surface area contributed by atoms with Gasteiger partial charge in [-0.1, -0.05) is 12.1 Å². The van der Waals surface area contributed by atoms with Crippen LogP contribution in [-0.4, -0.2) is 17.1 Å². The number of hydrogen-bond donors (Lipinski definition) is 3. The summed E-state index contributed by atoms with van der Waals surface area (Å²) in [7, 11) is 0. The number of aromatic carboxylic acids is 1. The first-order chi connectivity index (χ1) is 9.40. The first kappa shape index (κ1) is 13.9. The number of carbonyl (C=O) groups excluding carboxylic acids is 1. The Bertz CT molecular complexity index is 700. The lowest BCUT2D eigenvalue weighted by Crippen LogP contribution is -2.20. The fourth-order valence-corrected chi connectivity index (χ4v) is 2.57. The first-order valence-electron chi connectivity index (χ1n) is 5.28. The summed E-state index contributed by atoms with van der Waals surface area (Å²) in [5.41, 5.74) is 4.77. The van der Waals surface area contributed by atoms with Gasteiger partial charge in [0, 0.05) is 10.4 Å². The van der Waals surface area contributed by atoms with Crippen molar-refractivity contribution < 1.29 is 23.5 Å². The molecule has 8 heteroatoms. The van der Waals surface area contributed by atoms with Gasteiger partial charge in [0.1, 0.15) is 4.88 Å². The molecule has 5 nitrogen and oxygen atoms in total. The normalized spacial score (nSPS) is 10.3. The van der Waals surface area contributed by atoms with Gasteiger partial charge < -0.3 is 16.2 Å². The maximum absolute atomic E-state index is 13.7. The van der Waals surface area contributed by atoms with E-state index < -0.39 is 23.6 Å². The van der Waals surface area contributed by atoms with E-state index in [0.29, 0.717) is 11.3 Å². The summed E-state index contributed by atoms with van der Waals surface area (Å²) < 4.78 is 26.8. The van der Waals surface area contributed by atoms with Crippen LogP contribution in [0.3, 0.4) is 0 Å². The minimum atomic E-state index is -1.30. The summed E-state index contributed by atoms with van der Waals surface area (Å²) >= 11 is 0.709. The molecule has 104 valence electrons. The van der Waals surface area contributed by atoms with E-state index in [1.54, 1.807) is 0 Å². The third kappa shape index (κ3) is 2.59. The van der Waals surface area contributed by atoms with E-state index in [0.717, 1.165) is 6.07 Å². The number of carboxylic acids is 1. The van der Waals surface area contributed by atoms with Crippen LogP contribution in [0.2, 0.25) is 0 Å². The summed E-state index contributed by atoms with van der Waals surface area (Å²) in [6.07, 6.45) is 0. The molecule has 0 spiro atoms. The number of urea groups is 1. The quantitative estimate of drug-likeness (QED) is 0.813. The second-order valence-corrected chi connectivity index (χ2v) is 4.80. The molecule has 0 atom stereocenters. The molecule has 2 rings (SSSR count). The predicted octanol–water partition coefficient (Wildman–Crippen LogP) is 2.88. The van der Waals surface area contributed by atoms with E-state index in [4.69, 9.17) is 10.8 Å². The summed E-state index contributed by atoms with van der Waals surface area (Å²) in [5, 5.41) is 11.1. The summed E-state index contributed by atoms with van der Waals surface area (Å²) in [5.74, 6) is -3.43. The molecule has 0 unspecified atom stereocenters. The Morgan fingerprint density at radius 1 is 1.30 bits per heavy atom. The Morgan fingerprint density at radius 3 is 2.60 bits per heavy atom. The number of hydrogen-bond acceptors (Lipinski definition) is 3. The lowest BCUT2D eigenvalue weighted by atomic mass is 10.1. The fourth-order valence-electron chi connectivity index (χ4n) is 1.60. The molecule has 0 saturated carbocycles. The molecule has 0 aliphatic heterocycles. The topological polar surface area (TPSA) is 92.4 Å². The monoisotopic (exact) mass is 298 g/mol. The maximum Gasteiger partial charge on any atom is 0.348 e. The van der Waals surface area contributed by atoms with Crippen molar-refractivity contribution >= 4 is 29.0 Å². The molecule has 0 radical (unpaired) electrons. The largest absolute Gasteiger partial charge is 0.477 e. The van der Waals surface area contributed by atoms with Crippen molar-refractivity contribution in [1.29, 1.82) is 0 Å². The Hall–Kier alpha value is -2.48. The highest BCUT2D eigenvalue weighted by Gasteiger charge is 2.20. The molecule has 0 saturated heterocycles. The molecule has 2 amide bonds. The molecule has 20 heavy (non-hydrogen) atoms. The van der Waals surface area contributed by atoms with Crippen molar-refractivity contribution in [1.82, 2.24) is 0 Å². The molecular formula is C12H8F2N2O3S. The number of amides is 2. The molecule has 1 aromatic carbocycles. The lowest BCUT2D eigenvalue weighted by Gasteiger charge is -2.00. The maximum atomic E-state index is 13.7. The van der Waals surface area contributed by atoms with Crippen LogP contribution in [0.25, 0.3) is 10.4 Å².